The standard InChI is InChI=1S/C12H9N5O4/c1-21-10-4-8(17(19)20)2-3-9(10)12(18)15-11-7(5-13)6-14-16-11/h2-4,6H,1H3,(H2,14,15,16,18). The van der Waals surface area contributed by atoms with Crippen molar-refractivity contribution in [3.05, 3.63) is 45.6 Å². The SMILES string of the molecule is COc1cc([N+](=O)[O-])ccc1C(=O)Nc1[nH]ncc1C#N. The van der Waals surface area contributed by atoms with Crippen molar-refractivity contribution in [2.24, 2.45) is 0 Å². The average Bonchev–Trinajstić information content (AvgIpc) is 2.93. The van der Waals surface area contributed by atoms with Crippen molar-refractivity contribution in [1.29, 1.82) is 5.26 Å². The van der Waals surface area contributed by atoms with Crippen LogP contribution in [-0.4, -0.2) is 28.1 Å². The highest BCUT2D eigenvalue weighted by Crippen LogP contribution is 2.25. The van der Waals surface area contributed by atoms with E-state index < -0.39 is 10.8 Å². The fourth-order valence-electron chi connectivity index (χ4n) is 1.63. The van der Waals surface area contributed by atoms with Gasteiger partial charge in [0.15, 0.2) is 0 Å². The smallest absolute Gasteiger partial charge is 0.273 e. The lowest BCUT2D eigenvalue weighted by atomic mass is 10.1. The number of aromatic amines is 1. The quantitative estimate of drug-likeness (QED) is 0.645. The van der Waals surface area contributed by atoms with Crippen molar-refractivity contribution >= 4 is 17.4 Å². The second-order valence-corrected chi connectivity index (χ2v) is 3.87. The monoisotopic (exact) mass is 287 g/mol. The normalized spacial score (nSPS) is 9.71. The molecule has 1 aromatic carbocycles. The van der Waals surface area contributed by atoms with E-state index in [-0.39, 0.29) is 28.4 Å². The first-order valence-corrected chi connectivity index (χ1v) is 5.64. The Bertz CT molecular complexity index is 746. The Hall–Kier alpha value is -3.41. The zero-order valence-corrected chi connectivity index (χ0v) is 10.8. The summed E-state index contributed by atoms with van der Waals surface area (Å²) < 4.78 is 4.98. The molecule has 2 rings (SSSR count). The molecule has 0 bridgehead atoms. The average molecular weight is 287 g/mol. The summed E-state index contributed by atoms with van der Waals surface area (Å²) in [4.78, 5) is 22.2. The van der Waals surface area contributed by atoms with Crippen molar-refractivity contribution in [2.75, 3.05) is 12.4 Å². The number of amides is 1. The van der Waals surface area contributed by atoms with Crippen LogP contribution in [0.5, 0.6) is 5.75 Å². The molecule has 0 aliphatic carbocycles. The number of benzene rings is 1. The number of nitrogens with zero attached hydrogens (tertiary/aromatic N) is 3. The van der Waals surface area contributed by atoms with Crippen LogP contribution in [0.2, 0.25) is 0 Å². The first-order valence-electron chi connectivity index (χ1n) is 5.64. The van der Waals surface area contributed by atoms with Gasteiger partial charge in [0, 0.05) is 6.07 Å². The number of ether oxygens (including phenoxy) is 1. The number of carbonyl (C=O) groups is 1. The van der Waals surface area contributed by atoms with E-state index in [9.17, 15) is 14.9 Å². The van der Waals surface area contributed by atoms with Gasteiger partial charge in [-0.15, -0.1) is 0 Å². The lowest BCUT2D eigenvalue weighted by Gasteiger charge is -2.08. The van der Waals surface area contributed by atoms with Gasteiger partial charge >= 0.3 is 0 Å². The summed E-state index contributed by atoms with van der Waals surface area (Å²) >= 11 is 0. The molecular weight excluding hydrogens is 278 g/mol. The Balaban J connectivity index is 2.31. The zero-order valence-electron chi connectivity index (χ0n) is 10.8. The first kappa shape index (κ1) is 14.0. The molecule has 1 amide bonds. The third-order valence-corrected chi connectivity index (χ3v) is 2.64. The van der Waals surface area contributed by atoms with E-state index in [0.29, 0.717) is 0 Å². The number of nitro benzene ring substituents is 1. The van der Waals surface area contributed by atoms with E-state index >= 15 is 0 Å². The minimum atomic E-state index is -0.590. The number of aromatic nitrogens is 2. The van der Waals surface area contributed by atoms with Gasteiger partial charge in [0.05, 0.1) is 29.9 Å². The molecule has 0 spiro atoms. The summed E-state index contributed by atoms with van der Waals surface area (Å²) in [5.74, 6) is -0.384. The molecule has 1 heterocycles. The molecule has 9 heteroatoms. The van der Waals surface area contributed by atoms with E-state index in [1.54, 1.807) is 0 Å². The number of anilines is 1. The van der Waals surface area contributed by atoms with Crippen LogP contribution < -0.4 is 10.1 Å². The number of hydrogen-bond donors (Lipinski definition) is 2. The van der Waals surface area contributed by atoms with Gasteiger partial charge in [-0.1, -0.05) is 0 Å². The highest BCUT2D eigenvalue weighted by Gasteiger charge is 2.18. The topological polar surface area (TPSA) is 134 Å². The van der Waals surface area contributed by atoms with Crippen LogP contribution in [0.15, 0.2) is 24.4 Å². The summed E-state index contributed by atoms with van der Waals surface area (Å²) in [5.41, 5.74) is 0.0773. The van der Waals surface area contributed by atoms with Gasteiger partial charge in [-0.2, -0.15) is 10.4 Å². The Morgan fingerprint density at radius 1 is 1.57 bits per heavy atom. The molecule has 0 atom stereocenters. The van der Waals surface area contributed by atoms with Crippen molar-refractivity contribution in [1.82, 2.24) is 10.2 Å². The predicted molar refractivity (Wildman–Crippen MR) is 70.9 cm³/mol. The van der Waals surface area contributed by atoms with Gasteiger partial charge in [-0.25, -0.2) is 0 Å². The summed E-state index contributed by atoms with van der Waals surface area (Å²) in [6, 6.07) is 5.46. The lowest BCUT2D eigenvalue weighted by Crippen LogP contribution is -2.14. The molecule has 21 heavy (non-hydrogen) atoms. The van der Waals surface area contributed by atoms with Crippen LogP contribution in [0.3, 0.4) is 0 Å². The molecule has 106 valence electrons. The number of nitro groups is 1. The second-order valence-electron chi connectivity index (χ2n) is 3.87. The van der Waals surface area contributed by atoms with Crippen molar-refractivity contribution < 1.29 is 14.5 Å². The third-order valence-electron chi connectivity index (χ3n) is 2.64. The fourth-order valence-corrected chi connectivity index (χ4v) is 1.63. The molecule has 0 unspecified atom stereocenters. The summed E-state index contributed by atoms with van der Waals surface area (Å²) in [6.45, 7) is 0. The number of methoxy groups -OCH3 is 1. The van der Waals surface area contributed by atoms with Crippen molar-refractivity contribution in [3.63, 3.8) is 0 Å². The Kier molecular flexibility index (Phi) is 3.80. The van der Waals surface area contributed by atoms with Crippen molar-refractivity contribution in [3.8, 4) is 11.8 Å². The Morgan fingerprint density at radius 2 is 2.33 bits per heavy atom. The largest absolute Gasteiger partial charge is 0.496 e. The van der Waals surface area contributed by atoms with Crippen molar-refractivity contribution in [2.45, 2.75) is 0 Å². The molecule has 0 fully saturated rings. The molecule has 9 nitrogen and oxygen atoms in total. The first-order chi connectivity index (χ1) is 10.1. The number of non-ortho nitro benzene ring substituents is 1. The number of rotatable bonds is 4. The third kappa shape index (κ3) is 2.79. The molecule has 1 aromatic heterocycles. The molecule has 2 N–H and O–H groups in total. The molecule has 0 radical (unpaired) electrons. The van der Waals surface area contributed by atoms with Gasteiger partial charge in [0.25, 0.3) is 11.6 Å². The molecule has 0 saturated carbocycles. The summed E-state index contributed by atoms with van der Waals surface area (Å²) in [6.07, 6.45) is 1.27. The highest BCUT2D eigenvalue weighted by molar-refractivity contribution is 6.06. The molecular formula is C12H9N5O4. The number of carbonyl (C=O) groups excluding carboxylic acids is 1. The summed E-state index contributed by atoms with van der Waals surface area (Å²) in [5, 5.41) is 28.1. The lowest BCUT2D eigenvalue weighted by molar-refractivity contribution is -0.384. The zero-order chi connectivity index (χ0) is 15.4. The van der Waals surface area contributed by atoms with Gasteiger partial charge in [0.2, 0.25) is 0 Å². The van der Waals surface area contributed by atoms with Crippen LogP contribution in [-0.2, 0) is 0 Å². The number of hydrogen-bond acceptors (Lipinski definition) is 6. The maximum absolute atomic E-state index is 12.1. The second kappa shape index (κ2) is 5.70. The number of nitrogens with one attached hydrogen (secondary N) is 2. The van der Waals surface area contributed by atoms with Gasteiger partial charge in [-0.05, 0) is 6.07 Å². The van der Waals surface area contributed by atoms with Crippen LogP contribution >= 0.6 is 0 Å². The van der Waals surface area contributed by atoms with Crippen LogP contribution in [0.1, 0.15) is 15.9 Å². The van der Waals surface area contributed by atoms with Crippen LogP contribution in [0.4, 0.5) is 11.5 Å². The fraction of sp³-hybridized carbons (Fsp3) is 0.0833. The maximum Gasteiger partial charge on any atom is 0.273 e. The minimum absolute atomic E-state index is 0.0553. The van der Waals surface area contributed by atoms with E-state index in [1.807, 2.05) is 6.07 Å². The van der Waals surface area contributed by atoms with Gasteiger partial charge in [-0.3, -0.25) is 20.0 Å². The molecule has 0 saturated heterocycles. The van der Waals surface area contributed by atoms with E-state index in [1.165, 1.54) is 25.4 Å². The Morgan fingerprint density at radius 3 is 2.95 bits per heavy atom. The number of nitriles is 1. The number of H-pyrrole nitrogens is 1. The summed E-state index contributed by atoms with van der Waals surface area (Å²) in [7, 11) is 1.30. The Labute approximate surface area is 118 Å². The maximum atomic E-state index is 12.1. The van der Waals surface area contributed by atoms with E-state index in [2.05, 4.69) is 15.5 Å². The van der Waals surface area contributed by atoms with Gasteiger partial charge in [0.1, 0.15) is 23.2 Å². The highest BCUT2D eigenvalue weighted by atomic mass is 16.6. The van der Waals surface area contributed by atoms with Crippen LogP contribution in [0, 0.1) is 21.4 Å². The minimum Gasteiger partial charge on any atom is -0.496 e. The van der Waals surface area contributed by atoms with Crippen LogP contribution in [0.25, 0.3) is 0 Å². The molecule has 0 aliphatic heterocycles. The molecule has 0 aliphatic rings. The molecule has 2 aromatic rings. The van der Waals surface area contributed by atoms with E-state index in [4.69, 9.17) is 10.00 Å². The van der Waals surface area contributed by atoms with Gasteiger partial charge < -0.3 is 10.1 Å². The van der Waals surface area contributed by atoms with E-state index in [0.717, 1.165) is 6.07 Å². The predicted octanol–water partition coefficient (Wildman–Crippen LogP) is 1.45.